The number of carbonyl (C=O) groups is 2. The van der Waals surface area contributed by atoms with Crippen LogP contribution in [0, 0.1) is 12.0 Å². The number of amides is 1. The lowest BCUT2D eigenvalue weighted by Gasteiger charge is -2.38. The molecule has 2 unspecified atom stereocenters. The van der Waals surface area contributed by atoms with Gasteiger partial charge < -0.3 is 4.90 Å². The van der Waals surface area contributed by atoms with Crippen molar-refractivity contribution in [2.24, 2.45) is 11.0 Å². The van der Waals surface area contributed by atoms with Gasteiger partial charge in [-0.25, -0.2) is 0 Å². The van der Waals surface area contributed by atoms with Gasteiger partial charge in [-0.1, -0.05) is 37.3 Å². The van der Waals surface area contributed by atoms with Gasteiger partial charge in [0.15, 0.2) is 5.78 Å². The monoisotopic (exact) mass is 518 g/mol. The highest BCUT2D eigenvalue weighted by Gasteiger charge is 2.52. The SMILES string of the molecule is C=CC(=O)C1CCC2=C3[C](CCN(C(=O)c4ccc(C(C)(F)F)nc4)C3C1)[N+](c1ccc(C(C)C)cc1)=N2. The lowest BCUT2D eigenvalue weighted by molar-refractivity contribution is -0.487. The fourth-order valence-electron chi connectivity index (χ4n) is 5.63. The number of halogens is 2. The third kappa shape index (κ3) is 4.72. The van der Waals surface area contributed by atoms with Crippen LogP contribution in [0.25, 0.3) is 0 Å². The third-order valence-electron chi connectivity index (χ3n) is 7.76. The second kappa shape index (κ2) is 9.97. The molecular formula is C30H32F2N4O2+. The molecule has 1 aliphatic carbocycles. The molecule has 6 nitrogen and oxygen atoms in total. The molecule has 5 rings (SSSR count). The van der Waals surface area contributed by atoms with Crippen molar-refractivity contribution in [3.63, 3.8) is 0 Å². The summed E-state index contributed by atoms with van der Waals surface area (Å²) in [6, 6.07) is 11.7. The van der Waals surface area contributed by atoms with Crippen LogP contribution in [0.1, 0.15) is 74.0 Å². The fourth-order valence-corrected chi connectivity index (χ4v) is 5.63. The molecule has 0 N–H and O–H groups in total. The first-order valence-electron chi connectivity index (χ1n) is 13.1. The summed E-state index contributed by atoms with van der Waals surface area (Å²) in [5.74, 6) is -3.26. The number of pyridine rings is 1. The number of azo groups is 2. The molecule has 197 valence electrons. The van der Waals surface area contributed by atoms with E-state index < -0.39 is 5.92 Å². The minimum atomic E-state index is -3.09. The molecule has 1 aromatic carbocycles. The molecule has 1 aromatic heterocycles. The Labute approximate surface area is 221 Å². The zero-order chi connectivity index (χ0) is 27.2. The smallest absolute Gasteiger partial charge is 0.291 e. The van der Waals surface area contributed by atoms with Crippen LogP contribution in [0.2, 0.25) is 0 Å². The molecular weight excluding hydrogens is 486 g/mol. The van der Waals surface area contributed by atoms with Crippen molar-refractivity contribution < 1.29 is 23.1 Å². The van der Waals surface area contributed by atoms with E-state index in [1.165, 1.54) is 30.0 Å². The Bertz CT molecular complexity index is 1320. The van der Waals surface area contributed by atoms with Gasteiger partial charge in [0.1, 0.15) is 11.4 Å². The number of hydrogen-bond donors (Lipinski definition) is 0. The molecule has 2 aromatic rings. The number of alkyl halides is 2. The van der Waals surface area contributed by atoms with Crippen LogP contribution in [0.15, 0.2) is 71.6 Å². The predicted molar refractivity (Wildman–Crippen MR) is 139 cm³/mol. The van der Waals surface area contributed by atoms with Gasteiger partial charge in [-0.05, 0) is 54.1 Å². The van der Waals surface area contributed by atoms with Crippen LogP contribution >= 0.6 is 0 Å². The number of rotatable bonds is 6. The van der Waals surface area contributed by atoms with Crippen LogP contribution < -0.4 is 0 Å². The number of piperidine rings is 1. The fraction of sp³-hybridized carbons (Fsp3) is 0.400. The Morgan fingerprint density at radius 1 is 1.16 bits per heavy atom. The Morgan fingerprint density at radius 2 is 1.89 bits per heavy atom. The van der Waals surface area contributed by atoms with E-state index in [9.17, 15) is 18.4 Å². The number of aromatic nitrogens is 1. The van der Waals surface area contributed by atoms with Gasteiger partial charge in [0.05, 0.1) is 17.2 Å². The number of benzene rings is 1. The maximum atomic E-state index is 13.7. The molecule has 1 saturated heterocycles. The molecule has 0 bridgehead atoms. The zero-order valence-electron chi connectivity index (χ0n) is 22.0. The summed E-state index contributed by atoms with van der Waals surface area (Å²) in [6.45, 7) is 9.18. The average molecular weight is 519 g/mol. The maximum absolute atomic E-state index is 13.7. The highest BCUT2D eigenvalue weighted by Crippen LogP contribution is 2.47. The van der Waals surface area contributed by atoms with Crippen molar-refractivity contribution in [2.75, 3.05) is 6.54 Å². The van der Waals surface area contributed by atoms with E-state index in [-0.39, 0.29) is 34.9 Å². The molecule has 1 fully saturated rings. The van der Waals surface area contributed by atoms with Gasteiger partial charge in [0, 0.05) is 44.1 Å². The number of allylic oxidation sites excluding steroid dienone is 2. The molecule has 1 radical (unpaired) electrons. The number of carbonyl (C=O) groups excluding carboxylic acids is 2. The van der Waals surface area contributed by atoms with E-state index in [1.807, 2.05) is 4.70 Å². The second-order valence-corrected chi connectivity index (χ2v) is 10.6. The van der Waals surface area contributed by atoms with Crippen LogP contribution in [0.4, 0.5) is 14.5 Å². The summed E-state index contributed by atoms with van der Waals surface area (Å²) >= 11 is 0. The van der Waals surface area contributed by atoms with Gasteiger partial charge in [-0.15, -0.1) is 0 Å². The van der Waals surface area contributed by atoms with E-state index in [4.69, 9.17) is 5.11 Å². The molecule has 3 heterocycles. The second-order valence-electron chi connectivity index (χ2n) is 10.6. The first kappa shape index (κ1) is 26.1. The topological polar surface area (TPSA) is 65.6 Å². The van der Waals surface area contributed by atoms with E-state index in [1.54, 1.807) is 4.90 Å². The largest absolute Gasteiger partial charge is 0.331 e. The highest BCUT2D eigenvalue weighted by atomic mass is 19.3. The minimum absolute atomic E-state index is 0.0389. The first-order valence-corrected chi connectivity index (χ1v) is 13.1. The number of likely N-dealkylation sites (tertiary alicyclic amines) is 1. The Balaban J connectivity index is 1.48. The summed E-state index contributed by atoms with van der Waals surface area (Å²) in [5.41, 5.74) is 3.98. The lowest BCUT2D eigenvalue weighted by Crippen LogP contribution is -2.48. The van der Waals surface area contributed by atoms with Crippen molar-refractivity contribution in [1.29, 1.82) is 0 Å². The Hall–Kier alpha value is -3.55. The number of hydrogen-bond acceptors (Lipinski definition) is 4. The molecule has 2 atom stereocenters. The standard InChI is InChI=1S/C30H32F2N4O2/c1-5-26(37)20-8-12-23-28-24(36(34-23)22-10-6-19(7-11-22)18(2)3)14-15-35(25(28)16-20)29(38)21-9-13-27(33-17-21)30(4,31)32/h5-7,9-11,13,17-18,20,25H,1,8,12,14-16H2,2-4H3/q+1. The van der Waals surface area contributed by atoms with Gasteiger partial charge in [0.2, 0.25) is 5.69 Å². The summed E-state index contributed by atoms with van der Waals surface area (Å²) in [4.78, 5) is 32.0. The van der Waals surface area contributed by atoms with E-state index in [0.29, 0.717) is 38.1 Å². The van der Waals surface area contributed by atoms with Crippen LogP contribution in [-0.2, 0) is 10.7 Å². The van der Waals surface area contributed by atoms with Gasteiger partial charge in [-0.3, -0.25) is 14.6 Å². The van der Waals surface area contributed by atoms with E-state index in [2.05, 4.69) is 49.7 Å². The van der Waals surface area contributed by atoms with Crippen LogP contribution in [0.3, 0.4) is 0 Å². The van der Waals surface area contributed by atoms with E-state index in [0.717, 1.165) is 29.9 Å². The molecule has 2 aliphatic heterocycles. The number of nitrogens with zero attached hydrogens (tertiary/aromatic N) is 4. The van der Waals surface area contributed by atoms with Crippen LogP contribution in [0.5, 0.6) is 0 Å². The molecule has 3 aliphatic rings. The number of ketones is 1. The predicted octanol–water partition coefficient (Wildman–Crippen LogP) is 6.68. The van der Waals surface area contributed by atoms with Crippen molar-refractivity contribution in [3.8, 4) is 0 Å². The minimum Gasteiger partial charge on any atom is -0.331 e. The highest BCUT2D eigenvalue weighted by molar-refractivity contribution is 5.95. The van der Waals surface area contributed by atoms with Gasteiger partial charge in [-0.2, -0.15) is 8.78 Å². The van der Waals surface area contributed by atoms with Crippen molar-refractivity contribution in [1.82, 2.24) is 9.88 Å². The first-order chi connectivity index (χ1) is 18.1. The molecule has 1 amide bonds. The molecule has 8 heteroatoms. The van der Waals surface area contributed by atoms with Gasteiger partial charge >= 0.3 is 0 Å². The molecule has 38 heavy (non-hydrogen) atoms. The summed E-state index contributed by atoms with van der Waals surface area (Å²) < 4.78 is 29.3. The summed E-state index contributed by atoms with van der Waals surface area (Å²) in [5, 5.41) is 4.99. The summed E-state index contributed by atoms with van der Waals surface area (Å²) in [7, 11) is 0. The van der Waals surface area contributed by atoms with E-state index >= 15 is 0 Å². The average Bonchev–Trinajstić information content (AvgIpc) is 3.17. The molecule has 0 spiro atoms. The Kier molecular flexibility index (Phi) is 6.84. The molecule has 0 saturated carbocycles. The lowest BCUT2D eigenvalue weighted by atomic mass is 9.84. The zero-order valence-corrected chi connectivity index (χ0v) is 22.0. The van der Waals surface area contributed by atoms with Crippen molar-refractivity contribution in [3.05, 3.63) is 89.4 Å². The van der Waals surface area contributed by atoms with Crippen molar-refractivity contribution in [2.45, 2.75) is 64.3 Å². The van der Waals surface area contributed by atoms with Crippen LogP contribution in [-0.4, -0.2) is 38.9 Å². The van der Waals surface area contributed by atoms with Crippen molar-refractivity contribution >= 4 is 17.4 Å². The quantitative estimate of drug-likeness (QED) is 0.316. The Morgan fingerprint density at radius 3 is 2.50 bits per heavy atom. The third-order valence-corrected chi connectivity index (χ3v) is 7.76. The summed E-state index contributed by atoms with van der Waals surface area (Å²) in [6.07, 6.45) is 4.88. The van der Waals surface area contributed by atoms with Gasteiger partial charge in [0.25, 0.3) is 17.9 Å². The maximum Gasteiger partial charge on any atom is 0.291 e. The normalized spacial score (nSPS) is 21.7.